The molecule has 0 radical (unpaired) electrons. The van der Waals surface area contributed by atoms with Crippen molar-refractivity contribution in [3.63, 3.8) is 0 Å². The number of carbonyl (C=O) groups is 1. The molecule has 0 amide bonds. The Kier molecular flexibility index (Phi) is 4.87. The molecule has 0 atom stereocenters. The van der Waals surface area contributed by atoms with Crippen molar-refractivity contribution in [1.82, 2.24) is 0 Å². The van der Waals surface area contributed by atoms with Crippen LogP contribution in [0.15, 0.2) is 34.7 Å². The second-order valence-corrected chi connectivity index (χ2v) is 4.77. The highest BCUT2D eigenvalue weighted by molar-refractivity contribution is 5.84. The number of carboxylic acid groups (broad SMARTS) is 1. The lowest BCUT2D eigenvalue weighted by molar-refractivity contribution is 0.0660. The van der Waals surface area contributed by atoms with Crippen molar-refractivity contribution in [2.24, 2.45) is 0 Å². The molecule has 0 aliphatic carbocycles. The minimum atomic E-state index is -1.07. The number of benzene rings is 1. The highest BCUT2D eigenvalue weighted by Crippen LogP contribution is 2.26. The summed E-state index contributed by atoms with van der Waals surface area (Å²) in [6.45, 7) is 5.12. The number of hydrogen-bond donors (Lipinski definition) is 2. The first-order valence-electron chi connectivity index (χ1n) is 6.89. The van der Waals surface area contributed by atoms with Crippen LogP contribution in [0, 0.1) is 6.92 Å². The molecule has 0 aliphatic heterocycles. The Hall–Kier alpha value is -2.43. The van der Waals surface area contributed by atoms with Crippen LogP contribution in [0.1, 0.15) is 35.2 Å². The van der Waals surface area contributed by atoms with Crippen LogP contribution >= 0.6 is 0 Å². The number of ether oxygens (including phenoxy) is 1. The number of aryl methyl sites for hydroxylation is 1. The predicted molar refractivity (Wildman–Crippen MR) is 80.0 cm³/mol. The zero-order valence-electron chi connectivity index (χ0n) is 12.2. The number of furan rings is 1. The standard InChI is InChI=1S/C16H19NO4/c1-3-8-20-15-9-11(2)4-6-13(15)17-10-12-5-7-14(21-12)16(18)19/h4-7,9,17H,3,8,10H2,1-2H3,(H,18,19). The molecule has 0 spiro atoms. The third-order valence-electron chi connectivity index (χ3n) is 2.92. The molecule has 0 saturated heterocycles. The number of anilines is 1. The molecule has 0 unspecified atom stereocenters. The van der Waals surface area contributed by atoms with Crippen LogP contribution in [0.5, 0.6) is 5.75 Å². The van der Waals surface area contributed by atoms with Crippen molar-refractivity contribution >= 4 is 11.7 Å². The van der Waals surface area contributed by atoms with Crippen molar-refractivity contribution in [3.8, 4) is 5.75 Å². The van der Waals surface area contributed by atoms with Gasteiger partial charge < -0.3 is 19.6 Å². The number of hydrogen-bond acceptors (Lipinski definition) is 4. The summed E-state index contributed by atoms with van der Waals surface area (Å²) in [4.78, 5) is 10.8. The molecular formula is C16H19NO4. The fraction of sp³-hybridized carbons (Fsp3) is 0.312. The maximum absolute atomic E-state index is 10.8. The zero-order chi connectivity index (χ0) is 15.2. The highest BCUT2D eigenvalue weighted by Gasteiger charge is 2.10. The Morgan fingerprint density at radius 1 is 1.33 bits per heavy atom. The minimum Gasteiger partial charge on any atom is -0.491 e. The third kappa shape index (κ3) is 4.02. The summed E-state index contributed by atoms with van der Waals surface area (Å²) < 4.78 is 10.9. The normalized spacial score (nSPS) is 10.4. The van der Waals surface area contributed by atoms with E-state index in [1.165, 1.54) is 6.07 Å². The quantitative estimate of drug-likeness (QED) is 0.813. The van der Waals surface area contributed by atoms with E-state index in [2.05, 4.69) is 12.2 Å². The SMILES string of the molecule is CCCOc1cc(C)ccc1NCc1ccc(C(=O)O)o1. The average molecular weight is 289 g/mol. The fourth-order valence-corrected chi connectivity index (χ4v) is 1.88. The minimum absolute atomic E-state index is 0.0573. The van der Waals surface area contributed by atoms with E-state index in [9.17, 15) is 4.79 Å². The highest BCUT2D eigenvalue weighted by atomic mass is 16.5. The number of nitrogens with one attached hydrogen (secondary N) is 1. The molecule has 5 nitrogen and oxygen atoms in total. The summed E-state index contributed by atoms with van der Waals surface area (Å²) in [5.74, 6) is 0.234. The molecule has 21 heavy (non-hydrogen) atoms. The molecule has 0 fully saturated rings. The van der Waals surface area contributed by atoms with E-state index in [0.29, 0.717) is 18.9 Å². The molecule has 112 valence electrons. The average Bonchev–Trinajstić information content (AvgIpc) is 2.93. The molecular weight excluding hydrogens is 270 g/mol. The Labute approximate surface area is 123 Å². The second kappa shape index (κ2) is 6.83. The molecule has 2 rings (SSSR count). The van der Waals surface area contributed by atoms with Gasteiger partial charge in [-0.15, -0.1) is 0 Å². The van der Waals surface area contributed by atoms with Crippen LogP contribution in [0.2, 0.25) is 0 Å². The molecule has 0 aliphatic rings. The number of aromatic carboxylic acids is 1. The lowest BCUT2D eigenvalue weighted by atomic mass is 10.2. The Morgan fingerprint density at radius 2 is 2.14 bits per heavy atom. The van der Waals surface area contributed by atoms with Crippen molar-refractivity contribution in [2.75, 3.05) is 11.9 Å². The Morgan fingerprint density at radius 3 is 2.81 bits per heavy atom. The van der Waals surface area contributed by atoms with Gasteiger partial charge in [-0.3, -0.25) is 0 Å². The van der Waals surface area contributed by atoms with Gasteiger partial charge in [0, 0.05) is 0 Å². The number of rotatable bonds is 7. The molecule has 2 aromatic rings. The molecule has 0 saturated carbocycles. The fourth-order valence-electron chi connectivity index (χ4n) is 1.88. The summed E-state index contributed by atoms with van der Waals surface area (Å²) in [6.07, 6.45) is 0.938. The Bertz CT molecular complexity index is 618. The molecule has 1 aromatic heterocycles. The van der Waals surface area contributed by atoms with E-state index >= 15 is 0 Å². The van der Waals surface area contributed by atoms with Crippen LogP contribution in [0.4, 0.5) is 5.69 Å². The van der Waals surface area contributed by atoms with Crippen molar-refractivity contribution in [3.05, 3.63) is 47.4 Å². The zero-order valence-corrected chi connectivity index (χ0v) is 12.2. The van der Waals surface area contributed by atoms with E-state index < -0.39 is 5.97 Å². The summed E-state index contributed by atoms with van der Waals surface area (Å²) in [5.41, 5.74) is 1.99. The van der Waals surface area contributed by atoms with E-state index in [-0.39, 0.29) is 5.76 Å². The molecule has 0 bridgehead atoms. The van der Waals surface area contributed by atoms with Gasteiger partial charge in [0.05, 0.1) is 18.8 Å². The molecule has 1 heterocycles. The van der Waals surface area contributed by atoms with Gasteiger partial charge in [0.1, 0.15) is 11.5 Å². The maximum Gasteiger partial charge on any atom is 0.371 e. The first kappa shape index (κ1) is 15.0. The van der Waals surface area contributed by atoms with Gasteiger partial charge in [-0.1, -0.05) is 13.0 Å². The summed E-state index contributed by atoms with van der Waals surface area (Å²) in [5, 5.41) is 12.0. The van der Waals surface area contributed by atoms with Gasteiger partial charge in [-0.2, -0.15) is 0 Å². The maximum atomic E-state index is 10.8. The van der Waals surface area contributed by atoms with Gasteiger partial charge in [-0.05, 0) is 43.2 Å². The topological polar surface area (TPSA) is 71.7 Å². The molecule has 1 aromatic carbocycles. The lowest BCUT2D eigenvalue weighted by Crippen LogP contribution is -2.03. The van der Waals surface area contributed by atoms with Crippen LogP contribution in [-0.2, 0) is 6.54 Å². The van der Waals surface area contributed by atoms with Crippen molar-refractivity contribution in [2.45, 2.75) is 26.8 Å². The van der Waals surface area contributed by atoms with Crippen molar-refractivity contribution in [1.29, 1.82) is 0 Å². The number of carboxylic acids is 1. The first-order valence-corrected chi connectivity index (χ1v) is 6.89. The van der Waals surface area contributed by atoms with E-state index in [1.54, 1.807) is 6.07 Å². The van der Waals surface area contributed by atoms with Crippen LogP contribution in [0.25, 0.3) is 0 Å². The van der Waals surface area contributed by atoms with Gasteiger partial charge in [0.15, 0.2) is 0 Å². The van der Waals surface area contributed by atoms with Gasteiger partial charge >= 0.3 is 5.97 Å². The lowest BCUT2D eigenvalue weighted by Gasteiger charge is -2.13. The van der Waals surface area contributed by atoms with Crippen molar-refractivity contribution < 1.29 is 19.1 Å². The second-order valence-electron chi connectivity index (χ2n) is 4.77. The third-order valence-corrected chi connectivity index (χ3v) is 2.92. The summed E-state index contributed by atoms with van der Waals surface area (Å²) >= 11 is 0. The predicted octanol–water partition coefficient (Wildman–Crippen LogP) is 3.69. The van der Waals surface area contributed by atoms with Crippen LogP contribution < -0.4 is 10.1 Å². The monoisotopic (exact) mass is 289 g/mol. The molecule has 2 N–H and O–H groups in total. The largest absolute Gasteiger partial charge is 0.491 e. The summed E-state index contributed by atoms with van der Waals surface area (Å²) in [6, 6.07) is 9.01. The summed E-state index contributed by atoms with van der Waals surface area (Å²) in [7, 11) is 0. The van der Waals surface area contributed by atoms with Gasteiger partial charge in [0.2, 0.25) is 5.76 Å². The van der Waals surface area contributed by atoms with Gasteiger partial charge in [0.25, 0.3) is 0 Å². The Balaban J connectivity index is 2.06. The van der Waals surface area contributed by atoms with Gasteiger partial charge in [-0.25, -0.2) is 4.79 Å². The van der Waals surface area contributed by atoms with E-state index in [4.69, 9.17) is 14.3 Å². The first-order chi connectivity index (χ1) is 10.1. The van der Waals surface area contributed by atoms with Crippen LogP contribution in [0.3, 0.4) is 0 Å². The van der Waals surface area contributed by atoms with Crippen LogP contribution in [-0.4, -0.2) is 17.7 Å². The van der Waals surface area contributed by atoms with E-state index in [1.807, 2.05) is 25.1 Å². The molecule has 5 heteroatoms. The van der Waals surface area contributed by atoms with E-state index in [0.717, 1.165) is 23.4 Å². The smallest absolute Gasteiger partial charge is 0.371 e.